The van der Waals surface area contributed by atoms with E-state index in [2.05, 4.69) is 10.4 Å². The lowest BCUT2D eigenvalue weighted by molar-refractivity contribution is 0.0714. The maximum Gasteiger partial charge on any atom is 0.269 e. The lowest BCUT2D eigenvalue weighted by Gasteiger charge is -2.24. The fraction of sp³-hybridized carbons (Fsp3) is 0.200. The van der Waals surface area contributed by atoms with Crippen molar-refractivity contribution in [3.8, 4) is 11.3 Å². The van der Waals surface area contributed by atoms with Gasteiger partial charge in [0.05, 0.1) is 24.9 Å². The molecule has 0 saturated heterocycles. The van der Waals surface area contributed by atoms with E-state index in [-0.39, 0.29) is 11.9 Å². The minimum absolute atomic E-state index is 0.0348. The van der Waals surface area contributed by atoms with Gasteiger partial charge in [-0.25, -0.2) is 0 Å². The molecule has 1 unspecified atom stereocenters. The molecule has 0 fully saturated rings. The van der Waals surface area contributed by atoms with Crippen molar-refractivity contribution in [2.45, 2.75) is 12.6 Å². The summed E-state index contributed by atoms with van der Waals surface area (Å²) in [7, 11) is 0. The molecule has 0 saturated carbocycles. The Morgan fingerprint density at radius 1 is 1.15 bits per heavy atom. The number of rotatable bonds is 5. The third kappa shape index (κ3) is 3.49. The highest BCUT2D eigenvalue weighted by Crippen LogP contribution is 2.25. The highest BCUT2D eigenvalue weighted by atomic mass is 35.5. The van der Waals surface area contributed by atoms with Crippen molar-refractivity contribution in [3.63, 3.8) is 0 Å². The van der Waals surface area contributed by atoms with Crippen molar-refractivity contribution < 1.29 is 9.53 Å². The Morgan fingerprint density at radius 3 is 2.69 bits per heavy atom. The molecule has 1 aliphatic rings. The van der Waals surface area contributed by atoms with E-state index in [4.69, 9.17) is 16.3 Å². The summed E-state index contributed by atoms with van der Waals surface area (Å²) in [5.41, 5.74) is 3.35. The van der Waals surface area contributed by atoms with Gasteiger partial charge in [-0.3, -0.25) is 9.48 Å². The summed E-state index contributed by atoms with van der Waals surface area (Å²) in [4.78, 5) is 12.2. The van der Waals surface area contributed by atoms with E-state index in [1.807, 2.05) is 60.7 Å². The van der Waals surface area contributed by atoms with Crippen LogP contribution in [0.15, 0.2) is 60.7 Å². The van der Waals surface area contributed by atoms with Crippen LogP contribution in [0.4, 0.5) is 0 Å². The van der Waals surface area contributed by atoms with E-state index in [1.165, 1.54) is 0 Å². The number of halogens is 1. The predicted molar refractivity (Wildman–Crippen MR) is 100 cm³/mol. The van der Waals surface area contributed by atoms with Crippen molar-refractivity contribution in [1.29, 1.82) is 0 Å². The highest BCUT2D eigenvalue weighted by Gasteiger charge is 2.27. The first-order valence-corrected chi connectivity index (χ1v) is 8.84. The van der Waals surface area contributed by atoms with Gasteiger partial charge in [0.25, 0.3) is 5.91 Å². The van der Waals surface area contributed by atoms with E-state index >= 15 is 0 Å². The molecule has 1 amide bonds. The molecule has 1 aliphatic heterocycles. The van der Waals surface area contributed by atoms with Gasteiger partial charge in [-0.1, -0.05) is 54.1 Å². The molecule has 3 aromatic rings. The van der Waals surface area contributed by atoms with Crippen LogP contribution in [0.25, 0.3) is 11.3 Å². The summed E-state index contributed by atoms with van der Waals surface area (Å²) in [6.45, 7) is 1.51. The zero-order chi connectivity index (χ0) is 17.9. The Bertz CT molecular complexity index is 907. The first-order valence-electron chi connectivity index (χ1n) is 8.46. The average Bonchev–Trinajstić information content (AvgIpc) is 3.11. The molecule has 6 heteroatoms. The normalized spacial score (nSPS) is 16.2. The van der Waals surface area contributed by atoms with E-state index in [1.54, 1.807) is 4.68 Å². The van der Waals surface area contributed by atoms with Crippen LogP contribution in [0.1, 0.15) is 22.1 Å². The van der Waals surface area contributed by atoms with Crippen LogP contribution in [0.2, 0.25) is 5.02 Å². The topological polar surface area (TPSA) is 56.1 Å². The fourth-order valence-electron chi connectivity index (χ4n) is 3.01. The molecule has 5 nitrogen and oxygen atoms in total. The number of amides is 1. The molecule has 0 aliphatic carbocycles. The first-order chi connectivity index (χ1) is 12.7. The maximum atomic E-state index is 12.2. The molecule has 0 radical (unpaired) electrons. The zero-order valence-corrected chi connectivity index (χ0v) is 14.8. The van der Waals surface area contributed by atoms with Gasteiger partial charge in [0.15, 0.2) is 0 Å². The molecule has 2 aromatic carbocycles. The number of carbonyl (C=O) groups is 1. The number of nitrogens with one attached hydrogen (secondary N) is 1. The van der Waals surface area contributed by atoms with Gasteiger partial charge in [0, 0.05) is 17.1 Å². The number of aromatic nitrogens is 2. The maximum absolute atomic E-state index is 12.2. The molecule has 0 spiro atoms. The number of carbonyl (C=O) groups excluding carboxylic acids is 1. The summed E-state index contributed by atoms with van der Waals surface area (Å²) < 4.78 is 7.62. The van der Waals surface area contributed by atoms with Crippen molar-refractivity contribution in [3.05, 3.63) is 76.9 Å². The zero-order valence-electron chi connectivity index (χ0n) is 14.1. The van der Waals surface area contributed by atoms with Gasteiger partial charge < -0.3 is 10.1 Å². The smallest absolute Gasteiger partial charge is 0.269 e. The van der Waals surface area contributed by atoms with Gasteiger partial charge in [-0.05, 0) is 23.8 Å². The van der Waals surface area contributed by atoms with Crippen LogP contribution in [-0.4, -0.2) is 28.8 Å². The third-order valence-corrected chi connectivity index (χ3v) is 4.63. The van der Waals surface area contributed by atoms with E-state index < -0.39 is 0 Å². The molecule has 4 rings (SSSR count). The minimum Gasteiger partial charge on any atom is -0.374 e. The highest BCUT2D eigenvalue weighted by molar-refractivity contribution is 6.30. The first kappa shape index (κ1) is 16.8. The van der Waals surface area contributed by atoms with E-state index in [9.17, 15) is 4.79 Å². The largest absolute Gasteiger partial charge is 0.374 e. The van der Waals surface area contributed by atoms with Crippen molar-refractivity contribution in [2.75, 3.05) is 13.2 Å². The fourth-order valence-corrected chi connectivity index (χ4v) is 3.13. The summed E-state index contributed by atoms with van der Waals surface area (Å²) in [6.07, 6.45) is 0. The number of fused-ring (bicyclic) bond motifs is 1. The predicted octanol–water partition coefficient (Wildman–Crippen LogP) is 3.70. The van der Waals surface area contributed by atoms with E-state index in [0.29, 0.717) is 30.5 Å². The van der Waals surface area contributed by atoms with Crippen molar-refractivity contribution in [1.82, 2.24) is 15.1 Å². The summed E-state index contributed by atoms with van der Waals surface area (Å²) >= 11 is 5.95. The molecule has 2 heterocycles. The molecular formula is C20H18ClN3O2. The molecule has 0 bridgehead atoms. The van der Waals surface area contributed by atoms with Crippen LogP contribution in [0, 0.1) is 0 Å². The van der Waals surface area contributed by atoms with Crippen LogP contribution >= 0.6 is 11.6 Å². The number of hydrogen-bond acceptors (Lipinski definition) is 3. The summed E-state index contributed by atoms with van der Waals surface area (Å²) in [5.74, 6) is -0.114. The average molecular weight is 368 g/mol. The SMILES string of the molecule is O=C1NCC(COCc2ccccc2)n2nc(-c3ccc(Cl)cc3)cc21. The number of nitrogens with zero attached hydrogens (tertiary/aromatic N) is 2. The lowest BCUT2D eigenvalue weighted by atomic mass is 10.1. The number of ether oxygens (including phenoxy) is 1. The second-order valence-corrected chi connectivity index (χ2v) is 6.67. The summed E-state index contributed by atoms with van der Waals surface area (Å²) in [5, 5.41) is 8.22. The van der Waals surface area contributed by atoms with Crippen molar-refractivity contribution >= 4 is 17.5 Å². The molecule has 1 N–H and O–H groups in total. The van der Waals surface area contributed by atoms with Gasteiger partial charge in [0.1, 0.15) is 5.69 Å². The van der Waals surface area contributed by atoms with E-state index in [0.717, 1.165) is 16.8 Å². The standard InChI is InChI=1S/C20H18ClN3O2/c21-16-8-6-15(7-9-16)18-10-19-20(25)22-11-17(24(19)23-18)13-26-12-14-4-2-1-3-5-14/h1-10,17H,11-13H2,(H,22,25). The molecule has 1 aromatic heterocycles. The van der Waals surface area contributed by atoms with Gasteiger partial charge in [-0.15, -0.1) is 0 Å². The van der Waals surface area contributed by atoms with Gasteiger partial charge >= 0.3 is 0 Å². The van der Waals surface area contributed by atoms with Gasteiger partial charge in [0.2, 0.25) is 0 Å². The number of benzene rings is 2. The minimum atomic E-state index is -0.114. The molecule has 132 valence electrons. The second kappa shape index (κ2) is 7.32. The molecule has 26 heavy (non-hydrogen) atoms. The second-order valence-electron chi connectivity index (χ2n) is 6.23. The molecule has 1 atom stereocenters. The number of hydrogen-bond donors (Lipinski definition) is 1. The monoisotopic (exact) mass is 367 g/mol. The van der Waals surface area contributed by atoms with Crippen LogP contribution in [0.3, 0.4) is 0 Å². The van der Waals surface area contributed by atoms with Gasteiger partial charge in [-0.2, -0.15) is 5.10 Å². The Morgan fingerprint density at radius 2 is 1.92 bits per heavy atom. The third-order valence-electron chi connectivity index (χ3n) is 4.37. The Kier molecular flexibility index (Phi) is 4.73. The Labute approximate surface area is 156 Å². The van der Waals surface area contributed by atoms with Crippen LogP contribution < -0.4 is 5.32 Å². The summed E-state index contributed by atoms with van der Waals surface area (Å²) in [6, 6.07) is 19.2. The van der Waals surface area contributed by atoms with Crippen LogP contribution in [-0.2, 0) is 11.3 Å². The molecular weight excluding hydrogens is 350 g/mol. The Hall–Kier alpha value is -2.63. The van der Waals surface area contributed by atoms with Crippen molar-refractivity contribution in [2.24, 2.45) is 0 Å². The lowest BCUT2D eigenvalue weighted by Crippen LogP contribution is -2.41. The Balaban J connectivity index is 1.51. The quantitative estimate of drug-likeness (QED) is 0.748. The van der Waals surface area contributed by atoms with Crippen LogP contribution in [0.5, 0.6) is 0 Å².